The van der Waals surface area contributed by atoms with Crippen LogP contribution in [0.1, 0.15) is 37.0 Å². The topological polar surface area (TPSA) is 67.1 Å². The summed E-state index contributed by atoms with van der Waals surface area (Å²) < 4.78 is 1.99. The van der Waals surface area contributed by atoms with E-state index in [4.69, 9.17) is 4.99 Å². The SMILES string of the molecule is CCCCNC(=NCc1ccc(Sc2ccccc2)cc1)NCc1nnc(C)n1C.I. The molecule has 0 fully saturated rings. The van der Waals surface area contributed by atoms with E-state index in [-0.39, 0.29) is 24.0 Å². The number of rotatable bonds is 9. The Bertz CT molecular complexity index is 940. The van der Waals surface area contributed by atoms with Crippen molar-refractivity contribution in [2.24, 2.45) is 12.0 Å². The highest BCUT2D eigenvalue weighted by Gasteiger charge is 2.06. The number of guanidine groups is 1. The van der Waals surface area contributed by atoms with E-state index in [0.717, 1.165) is 37.0 Å². The molecule has 166 valence electrons. The van der Waals surface area contributed by atoms with Gasteiger partial charge >= 0.3 is 0 Å². The Hall–Kier alpha value is -2.07. The van der Waals surface area contributed by atoms with Crippen molar-refractivity contribution in [2.45, 2.75) is 49.6 Å². The molecule has 0 saturated heterocycles. The van der Waals surface area contributed by atoms with Crippen LogP contribution in [0.3, 0.4) is 0 Å². The van der Waals surface area contributed by atoms with Gasteiger partial charge in [-0.3, -0.25) is 0 Å². The fourth-order valence-corrected chi connectivity index (χ4v) is 3.62. The van der Waals surface area contributed by atoms with Gasteiger partial charge in [0, 0.05) is 23.4 Å². The maximum Gasteiger partial charge on any atom is 0.191 e. The first-order valence-corrected chi connectivity index (χ1v) is 11.2. The number of unbranched alkanes of at least 4 members (excludes halogenated alkanes) is 1. The van der Waals surface area contributed by atoms with Crippen molar-refractivity contribution in [3.8, 4) is 0 Å². The number of hydrogen-bond acceptors (Lipinski definition) is 4. The molecule has 8 heteroatoms. The molecule has 0 bridgehead atoms. The Kier molecular flexibility index (Phi) is 10.9. The van der Waals surface area contributed by atoms with Gasteiger partial charge in [-0.25, -0.2) is 4.99 Å². The number of aliphatic imine (C=N–C) groups is 1. The lowest BCUT2D eigenvalue weighted by Crippen LogP contribution is -2.38. The summed E-state index contributed by atoms with van der Waals surface area (Å²) in [5, 5.41) is 15.1. The molecule has 0 spiro atoms. The van der Waals surface area contributed by atoms with Crippen molar-refractivity contribution in [1.29, 1.82) is 0 Å². The summed E-state index contributed by atoms with van der Waals surface area (Å²) in [6, 6.07) is 19.0. The normalized spacial score (nSPS) is 11.1. The van der Waals surface area contributed by atoms with Gasteiger partial charge in [-0.2, -0.15) is 0 Å². The zero-order valence-electron chi connectivity index (χ0n) is 18.3. The maximum atomic E-state index is 4.76. The molecule has 0 amide bonds. The molecule has 2 aromatic carbocycles. The van der Waals surface area contributed by atoms with Gasteiger partial charge in [0.25, 0.3) is 0 Å². The van der Waals surface area contributed by atoms with E-state index in [9.17, 15) is 0 Å². The minimum absolute atomic E-state index is 0. The molecule has 0 aliphatic heterocycles. The van der Waals surface area contributed by atoms with Crippen LogP contribution in [0, 0.1) is 6.92 Å². The van der Waals surface area contributed by atoms with Crippen LogP contribution >= 0.6 is 35.7 Å². The second-order valence-electron chi connectivity index (χ2n) is 7.08. The number of hydrogen-bond donors (Lipinski definition) is 2. The minimum Gasteiger partial charge on any atom is -0.356 e. The number of nitrogens with zero attached hydrogens (tertiary/aromatic N) is 4. The molecule has 0 aliphatic rings. The second kappa shape index (κ2) is 13.4. The Morgan fingerprint density at radius 2 is 1.71 bits per heavy atom. The lowest BCUT2D eigenvalue weighted by atomic mass is 10.2. The van der Waals surface area contributed by atoms with Crippen LogP contribution in [0.25, 0.3) is 0 Å². The van der Waals surface area contributed by atoms with Crippen LogP contribution in [0.15, 0.2) is 69.4 Å². The zero-order valence-corrected chi connectivity index (χ0v) is 21.5. The molecule has 3 rings (SSSR count). The van der Waals surface area contributed by atoms with Crippen molar-refractivity contribution in [3.63, 3.8) is 0 Å². The second-order valence-corrected chi connectivity index (χ2v) is 8.23. The molecule has 0 saturated carbocycles. The zero-order chi connectivity index (χ0) is 21.2. The molecule has 6 nitrogen and oxygen atoms in total. The summed E-state index contributed by atoms with van der Waals surface area (Å²) in [6.07, 6.45) is 2.25. The summed E-state index contributed by atoms with van der Waals surface area (Å²) in [7, 11) is 1.97. The van der Waals surface area contributed by atoms with E-state index in [2.05, 4.69) is 76.3 Å². The van der Waals surface area contributed by atoms with Crippen molar-refractivity contribution < 1.29 is 0 Å². The van der Waals surface area contributed by atoms with E-state index in [1.165, 1.54) is 15.4 Å². The highest BCUT2D eigenvalue weighted by Crippen LogP contribution is 2.27. The van der Waals surface area contributed by atoms with Crippen molar-refractivity contribution >= 4 is 41.7 Å². The molecule has 31 heavy (non-hydrogen) atoms. The molecule has 1 aromatic heterocycles. The third kappa shape index (κ3) is 8.17. The lowest BCUT2D eigenvalue weighted by Gasteiger charge is -2.12. The van der Waals surface area contributed by atoms with Gasteiger partial charge in [0.1, 0.15) is 5.82 Å². The van der Waals surface area contributed by atoms with E-state index < -0.39 is 0 Å². The first-order valence-electron chi connectivity index (χ1n) is 10.3. The van der Waals surface area contributed by atoms with Crippen LogP contribution in [0.5, 0.6) is 0 Å². The van der Waals surface area contributed by atoms with E-state index in [1.807, 2.05) is 24.6 Å². The summed E-state index contributed by atoms with van der Waals surface area (Å²) in [6.45, 7) is 6.23. The summed E-state index contributed by atoms with van der Waals surface area (Å²) in [4.78, 5) is 7.23. The third-order valence-electron chi connectivity index (χ3n) is 4.74. The summed E-state index contributed by atoms with van der Waals surface area (Å²) in [5.41, 5.74) is 1.18. The predicted octanol–water partition coefficient (Wildman–Crippen LogP) is 4.93. The quantitative estimate of drug-likeness (QED) is 0.171. The van der Waals surface area contributed by atoms with E-state index in [0.29, 0.717) is 13.1 Å². The molecule has 0 atom stereocenters. The monoisotopic (exact) mass is 550 g/mol. The van der Waals surface area contributed by atoms with Crippen LogP contribution in [-0.4, -0.2) is 27.3 Å². The standard InChI is InChI=1S/C23H30N6S.HI/c1-4-5-15-24-23(26-17-22-28-27-18(2)29(22)3)25-16-19-11-13-21(14-12-19)30-20-9-7-6-8-10-20;/h6-14H,4-5,15-17H2,1-3H3,(H2,24,25,26);1H. The molecule has 0 unspecified atom stereocenters. The third-order valence-corrected chi connectivity index (χ3v) is 5.76. The highest BCUT2D eigenvalue weighted by molar-refractivity contribution is 14.0. The van der Waals surface area contributed by atoms with E-state index in [1.54, 1.807) is 11.8 Å². The summed E-state index contributed by atoms with van der Waals surface area (Å²) >= 11 is 1.77. The van der Waals surface area contributed by atoms with Gasteiger partial charge in [0.2, 0.25) is 0 Å². The first-order chi connectivity index (χ1) is 14.7. The number of aromatic nitrogens is 3. The Labute approximate surface area is 206 Å². The van der Waals surface area contributed by atoms with Crippen molar-refractivity contribution in [2.75, 3.05) is 6.54 Å². The average molecular weight is 551 g/mol. The van der Waals surface area contributed by atoms with Gasteiger partial charge < -0.3 is 15.2 Å². The molecule has 1 heterocycles. The molecular weight excluding hydrogens is 519 g/mol. The van der Waals surface area contributed by atoms with E-state index >= 15 is 0 Å². The highest BCUT2D eigenvalue weighted by atomic mass is 127. The Balaban J connectivity index is 0.00000341. The maximum absolute atomic E-state index is 4.76. The van der Waals surface area contributed by atoms with Gasteiger partial charge in [-0.1, -0.05) is 55.4 Å². The average Bonchev–Trinajstić information content (AvgIpc) is 3.09. The van der Waals surface area contributed by atoms with Crippen LogP contribution < -0.4 is 10.6 Å². The van der Waals surface area contributed by atoms with Crippen LogP contribution in [0.4, 0.5) is 0 Å². The Morgan fingerprint density at radius 3 is 2.35 bits per heavy atom. The number of halogens is 1. The summed E-state index contributed by atoms with van der Waals surface area (Å²) in [5.74, 6) is 2.59. The molecular formula is C23H31IN6S. The Morgan fingerprint density at radius 1 is 1.00 bits per heavy atom. The van der Waals surface area contributed by atoms with Crippen LogP contribution in [-0.2, 0) is 20.1 Å². The molecule has 0 radical (unpaired) electrons. The number of aryl methyl sites for hydroxylation is 1. The largest absolute Gasteiger partial charge is 0.356 e. The molecule has 2 N–H and O–H groups in total. The van der Waals surface area contributed by atoms with Crippen LogP contribution in [0.2, 0.25) is 0 Å². The molecule has 3 aromatic rings. The minimum atomic E-state index is 0. The van der Waals surface area contributed by atoms with Crippen molar-refractivity contribution in [1.82, 2.24) is 25.4 Å². The van der Waals surface area contributed by atoms with Gasteiger partial charge in [-0.05, 0) is 43.2 Å². The smallest absolute Gasteiger partial charge is 0.191 e. The van der Waals surface area contributed by atoms with Gasteiger partial charge in [-0.15, -0.1) is 34.2 Å². The van der Waals surface area contributed by atoms with Crippen molar-refractivity contribution in [3.05, 3.63) is 71.8 Å². The predicted molar refractivity (Wildman–Crippen MR) is 139 cm³/mol. The lowest BCUT2D eigenvalue weighted by molar-refractivity contribution is 0.695. The first kappa shape index (κ1) is 25.2. The van der Waals surface area contributed by atoms with Gasteiger partial charge in [0.05, 0.1) is 13.1 Å². The fourth-order valence-electron chi connectivity index (χ4n) is 2.78. The van der Waals surface area contributed by atoms with Gasteiger partial charge in [0.15, 0.2) is 11.8 Å². The fraction of sp³-hybridized carbons (Fsp3) is 0.348. The number of nitrogens with one attached hydrogen (secondary N) is 2. The molecule has 0 aliphatic carbocycles. The number of benzene rings is 2.